The minimum atomic E-state index is -4.39. The highest BCUT2D eigenvalue weighted by molar-refractivity contribution is 5.94. The molecule has 1 fully saturated rings. The van der Waals surface area contributed by atoms with Crippen molar-refractivity contribution in [3.05, 3.63) is 29.6 Å². The molecule has 2 N–H and O–H groups in total. The lowest BCUT2D eigenvalue weighted by Gasteiger charge is -2.23. The van der Waals surface area contributed by atoms with Gasteiger partial charge in [0.05, 0.1) is 5.69 Å². The molecule has 19 heavy (non-hydrogen) atoms. The number of rotatable bonds is 4. The van der Waals surface area contributed by atoms with Crippen LogP contribution in [0.15, 0.2) is 18.3 Å². The van der Waals surface area contributed by atoms with Crippen molar-refractivity contribution in [2.24, 2.45) is 5.73 Å². The lowest BCUT2D eigenvalue weighted by atomic mass is 10.2. The van der Waals surface area contributed by atoms with Gasteiger partial charge in [-0.3, -0.25) is 9.78 Å². The molecule has 0 saturated heterocycles. The van der Waals surface area contributed by atoms with Crippen molar-refractivity contribution in [2.75, 3.05) is 6.54 Å². The van der Waals surface area contributed by atoms with Crippen LogP contribution in [0.4, 0.5) is 13.2 Å². The highest BCUT2D eigenvalue weighted by atomic mass is 19.4. The van der Waals surface area contributed by atoms with Crippen molar-refractivity contribution >= 4 is 5.91 Å². The molecule has 1 aromatic rings. The van der Waals surface area contributed by atoms with Gasteiger partial charge in [-0.2, -0.15) is 13.2 Å². The lowest BCUT2D eigenvalue weighted by Crippen LogP contribution is -2.40. The predicted molar refractivity (Wildman–Crippen MR) is 62.2 cm³/mol. The minimum absolute atomic E-state index is 0.143. The van der Waals surface area contributed by atoms with Crippen molar-refractivity contribution in [3.63, 3.8) is 0 Å². The molecular weight excluding hydrogens is 259 g/mol. The molecule has 104 valence electrons. The molecule has 0 atom stereocenters. The number of aromatic nitrogens is 1. The third-order valence-corrected chi connectivity index (χ3v) is 2.87. The smallest absolute Gasteiger partial charge is 0.327 e. The Balaban J connectivity index is 2.19. The molecular formula is C12H14F3N3O. The van der Waals surface area contributed by atoms with Gasteiger partial charge < -0.3 is 10.6 Å². The molecule has 0 radical (unpaired) electrons. The van der Waals surface area contributed by atoms with Crippen LogP contribution >= 0.6 is 0 Å². The van der Waals surface area contributed by atoms with Crippen LogP contribution in [0.2, 0.25) is 0 Å². The van der Waals surface area contributed by atoms with E-state index in [2.05, 4.69) is 4.98 Å². The maximum absolute atomic E-state index is 12.5. The zero-order valence-corrected chi connectivity index (χ0v) is 10.2. The Labute approximate surface area is 108 Å². The van der Waals surface area contributed by atoms with Crippen LogP contribution in [-0.4, -0.2) is 34.6 Å². The Morgan fingerprint density at radius 1 is 1.47 bits per heavy atom. The third-order valence-electron chi connectivity index (χ3n) is 2.87. The van der Waals surface area contributed by atoms with E-state index >= 15 is 0 Å². The number of hydrogen-bond acceptors (Lipinski definition) is 3. The highest BCUT2D eigenvalue weighted by Gasteiger charge is 2.40. The second-order valence-electron chi connectivity index (χ2n) is 4.52. The Kier molecular flexibility index (Phi) is 3.75. The molecule has 1 aromatic heterocycles. The molecule has 0 aromatic carbocycles. The van der Waals surface area contributed by atoms with Gasteiger partial charge in [-0.05, 0) is 25.0 Å². The van der Waals surface area contributed by atoms with Gasteiger partial charge in [-0.25, -0.2) is 0 Å². The molecule has 2 rings (SSSR count). The first kappa shape index (κ1) is 13.8. The largest absolute Gasteiger partial charge is 0.406 e. The van der Waals surface area contributed by atoms with Crippen LogP contribution in [0, 0.1) is 0 Å². The number of alkyl halides is 3. The number of halogens is 3. The maximum Gasteiger partial charge on any atom is 0.406 e. The van der Waals surface area contributed by atoms with E-state index in [1.165, 1.54) is 18.3 Å². The van der Waals surface area contributed by atoms with Crippen molar-refractivity contribution in [1.29, 1.82) is 0 Å². The van der Waals surface area contributed by atoms with Crippen LogP contribution in [0.1, 0.15) is 28.9 Å². The standard InChI is InChI=1S/C12H14F3N3O/c13-12(14,15)7-18(10-1-2-10)11(19)8-3-4-17-9(5-8)6-16/h3-5,10H,1-2,6-7,16H2. The first-order chi connectivity index (χ1) is 8.90. The molecule has 1 amide bonds. The number of nitrogens with zero attached hydrogens (tertiary/aromatic N) is 2. The van der Waals surface area contributed by atoms with Gasteiger partial charge in [-0.1, -0.05) is 0 Å². The summed E-state index contributed by atoms with van der Waals surface area (Å²) in [6.07, 6.45) is -1.76. The normalized spacial score (nSPS) is 15.4. The summed E-state index contributed by atoms with van der Waals surface area (Å²) in [5.41, 5.74) is 6.08. The minimum Gasteiger partial charge on any atom is -0.327 e. The topological polar surface area (TPSA) is 59.2 Å². The summed E-state index contributed by atoms with van der Waals surface area (Å²) >= 11 is 0. The van der Waals surface area contributed by atoms with Gasteiger partial charge in [0.2, 0.25) is 0 Å². The zero-order valence-electron chi connectivity index (χ0n) is 10.2. The average molecular weight is 273 g/mol. The van der Waals surface area contributed by atoms with Crippen molar-refractivity contribution in [1.82, 2.24) is 9.88 Å². The Hall–Kier alpha value is -1.63. The van der Waals surface area contributed by atoms with Gasteiger partial charge in [0.1, 0.15) is 6.54 Å². The number of hydrogen-bond donors (Lipinski definition) is 1. The second kappa shape index (κ2) is 5.16. The summed E-state index contributed by atoms with van der Waals surface area (Å²) in [5.74, 6) is -0.614. The Morgan fingerprint density at radius 2 is 2.16 bits per heavy atom. The summed E-state index contributed by atoms with van der Waals surface area (Å²) < 4.78 is 37.5. The second-order valence-corrected chi connectivity index (χ2v) is 4.52. The molecule has 7 heteroatoms. The Bertz CT molecular complexity index is 472. The maximum atomic E-state index is 12.5. The predicted octanol–water partition coefficient (Wildman–Crippen LogP) is 1.71. The molecule has 0 unspecified atom stereocenters. The van der Waals surface area contributed by atoms with Crippen molar-refractivity contribution in [3.8, 4) is 0 Å². The van der Waals surface area contributed by atoms with E-state index in [0.29, 0.717) is 18.5 Å². The summed E-state index contributed by atoms with van der Waals surface area (Å²) in [4.78, 5) is 16.9. The summed E-state index contributed by atoms with van der Waals surface area (Å²) in [6.45, 7) is -1.07. The van der Waals surface area contributed by atoms with E-state index < -0.39 is 18.6 Å². The monoisotopic (exact) mass is 273 g/mol. The fourth-order valence-corrected chi connectivity index (χ4v) is 1.83. The van der Waals surface area contributed by atoms with E-state index in [4.69, 9.17) is 5.73 Å². The van der Waals surface area contributed by atoms with Crippen LogP contribution < -0.4 is 5.73 Å². The van der Waals surface area contributed by atoms with Crippen LogP contribution in [-0.2, 0) is 6.54 Å². The average Bonchev–Trinajstić information content (AvgIpc) is 3.18. The van der Waals surface area contributed by atoms with Crippen LogP contribution in [0.25, 0.3) is 0 Å². The number of carbonyl (C=O) groups excluding carboxylic acids is 1. The van der Waals surface area contributed by atoms with Gasteiger partial charge in [0, 0.05) is 24.3 Å². The summed E-state index contributed by atoms with van der Waals surface area (Å²) in [6, 6.07) is 2.55. The van der Waals surface area contributed by atoms with Crippen molar-refractivity contribution in [2.45, 2.75) is 31.6 Å². The molecule has 4 nitrogen and oxygen atoms in total. The fraction of sp³-hybridized carbons (Fsp3) is 0.500. The van der Waals surface area contributed by atoms with E-state index in [1.54, 1.807) is 0 Å². The number of nitrogens with two attached hydrogens (primary N) is 1. The van der Waals surface area contributed by atoms with E-state index in [-0.39, 0.29) is 18.2 Å². The Morgan fingerprint density at radius 3 is 2.68 bits per heavy atom. The molecule has 1 saturated carbocycles. The fourth-order valence-electron chi connectivity index (χ4n) is 1.83. The number of amides is 1. The number of carbonyl (C=O) groups is 1. The van der Waals surface area contributed by atoms with Gasteiger partial charge in [-0.15, -0.1) is 0 Å². The molecule has 1 aliphatic carbocycles. The van der Waals surface area contributed by atoms with E-state index in [0.717, 1.165) is 4.90 Å². The zero-order chi connectivity index (χ0) is 14.0. The molecule has 1 heterocycles. The van der Waals surface area contributed by atoms with Gasteiger partial charge >= 0.3 is 6.18 Å². The molecule has 1 aliphatic rings. The summed E-state index contributed by atoms with van der Waals surface area (Å²) in [7, 11) is 0. The van der Waals surface area contributed by atoms with E-state index in [9.17, 15) is 18.0 Å². The first-order valence-corrected chi connectivity index (χ1v) is 5.93. The van der Waals surface area contributed by atoms with Crippen LogP contribution in [0.5, 0.6) is 0 Å². The molecule has 0 bridgehead atoms. The molecule has 0 spiro atoms. The van der Waals surface area contributed by atoms with Gasteiger partial charge in [0.15, 0.2) is 0 Å². The number of pyridine rings is 1. The first-order valence-electron chi connectivity index (χ1n) is 5.93. The quantitative estimate of drug-likeness (QED) is 0.908. The molecule has 0 aliphatic heterocycles. The lowest BCUT2D eigenvalue weighted by molar-refractivity contribution is -0.141. The van der Waals surface area contributed by atoms with Gasteiger partial charge in [0.25, 0.3) is 5.91 Å². The van der Waals surface area contributed by atoms with E-state index in [1.807, 2.05) is 0 Å². The summed E-state index contributed by atoms with van der Waals surface area (Å²) in [5, 5.41) is 0. The highest BCUT2D eigenvalue weighted by Crippen LogP contribution is 2.31. The SMILES string of the molecule is NCc1cc(C(=O)N(CC(F)(F)F)C2CC2)ccn1. The van der Waals surface area contributed by atoms with Crippen molar-refractivity contribution < 1.29 is 18.0 Å². The third kappa shape index (κ3) is 3.66. The van der Waals surface area contributed by atoms with Crippen LogP contribution in [0.3, 0.4) is 0 Å².